The van der Waals surface area contributed by atoms with Gasteiger partial charge in [0.2, 0.25) is 5.92 Å². The molecule has 0 spiro atoms. The molecule has 0 saturated heterocycles. The molecule has 1 N–H and O–H groups in total. The van der Waals surface area contributed by atoms with Gasteiger partial charge < -0.3 is 5.11 Å². The fraction of sp³-hybridized carbons (Fsp3) is 0.438. The Bertz CT molecular complexity index is 604. The number of pyridine rings is 1. The van der Waals surface area contributed by atoms with Gasteiger partial charge in [0.1, 0.15) is 0 Å². The van der Waals surface area contributed by atoms with Crippen molar-refractivity contribution in [3.8, 4) is 0 Å². The molecule has 1 unspecified atom stereocenters. The molecule has 0 radical (unpaired) electrons. The zero-order valence-electron chi connectivity index (χ0n) is 11.1. The van der Waals surface area contributed by atoms with Crippen LogP contribution in [0.25, 0.3) is 10.9 Å². The molecule has 1 heterocycles. The summed E-state index contributed by atoms with van der Waals surface area (Å²) >= 11 is 0. The van der Waals surface area contributed by atoms with Gasteiger partial charge in [-0.1, -0.05) is 18.2 Å². The molecule has 1 atom stereocenters. The first-order valence-corrected chi connectivity index (χ1v) is 6.96. The van der Waals surface area contributed by atoms with Crippen LogP contribution in [-0.4, -0.2) is 16.0 Å². The number of benzene rings is 1. The number of halogens is 2. The summed E-state index contributed by atoms with van der Waals surface area (Å²) in [6.07, 6.45) is 1.52. The molecule has 20 heavy (non-hydrogen) atoms. The Labute approximate surface area is 116 Å². The molecule has 1 aliphatic rings. The Morgan fingerprint density at radius 3 is 2.70 bits per heavy atom. The predicted molar refractivity (Wildman–Crippen MR) is 73.6 cm³/mol. The molecule has 2 aromatic rings. The van der Waals surface area contributed by atoms with Crippen LogP contribution < -0.4 is 0 Å². The summed E-state index contributed by atoms with van der Waals surface area (Å²) in [5.41, 5.74) is 1.59. The predicted octanol–water partition coefficient (Wildman–Crippen LogP) is 4.09. The van der Waals surface area contributed by atoms with E-state index in [4.69, 9.17) is 0 Å². The summed E-state index contributed by atoms with van der Waals surface area (Å²) in [6.45, 7) is 0. The minimum atomic E-state index is -2.55. The van der Waals surface area contributed by atoms with Crippen LogP contribution in [0.1, 0.15) is 37.4 Å². The fourth-order valence-electron chi connectivity index (χ4n) is 2.92. The second-order valence-corrected chi connectivity index (χ2v) is 5.59. The third-order valence-corrected chi connectivity index (χ3v) is 4.18. The van der Waals surface area contributed by atoms with Crippen molar-refractivity contribution < 1.29 is 13.9 Å². The zero-order valence-corrected chi connectivity index (χ0v) is 11.1. The van der Waals surface area contributed by atoms with Crippen LogP contribution in [0.5, 0.6) is 0 Å². The molecule has 4 heteroatoms. The van der Waals surface area contributed by atoms with Crippen molar-refractivity contribution in [2.45, 2.75) is 37.7 Å². The van der Waals surface area contributed by atoms with E-state index in [-0.39, 0.29) is 18.8 Å². The summed E-state index contributed by atoms with van der Waals surface area (Å²) in [5.74, 6) is -2.64. The zero-order chi connectivity index (χ0) is 14.2. The fourth-order valence-corrected chi connectivity index (χ4v) is 2.92. The van der Waals surface area contributed by atoms with Crippen molar-refractivity contribution >= 4 is 10.9 Å². The number of hydrogen-bond donors (Lipinski definition) is 1. The van der Waals surface area contributed by atoms with Crippen molar-refractivity contribution in [2.75, 3.05) is 0 Å². The van der Waals surface area contributed by atoms with Crippen LogP contribution in [0.2, 0.25) is 0 Å². The maximum atomic E-state index is 13.2. The first-order valence-electron chi connectivity index (χ1n) is 6.96. The Kier molecular flexibility index (Phi) is 3.42. The van der Waals surface area contributed by atoms with Gasteiger partial charge in [-0.2, -0.15) is 0 Å². The van der Waals surface area contributed by atoms with Gasteiger partial charge in [0.05, 0.1) is 11.6 Å². The van der Waals surface area contributed by atoms with Gasteiger partial charge in [0.15, 0.2) is 0 Å². The monoisotopic (exact) mass is 277 g/mol. The average molecular weight is 277 g/mol. The number of rotatable bonds is 2. The van der Waals surface area contributed by atoms with Gasteiger partial charge >= 0.3 is 0 Å². The molecule has 106 valence electrons. The highest BCUT2D eigenvalue weighted by Gasteiger charge is 2.37. The SMILES string of the molecule is OC(c1ccc2cccnc2c1)C1CCC(F)(F)CC1. The summed E-state index contributed by atoms with van der Waals surface area (Å²) in [7, 11) is 0. The molecule has 0 bridgehead atoms. The smallest absolute Gasteiger partial charge is 0.248 e. The normalized spacial score (nSPS) is 20.9. The first kappa shape index (κ1) is 13.4. The Balaban J connectivity index is 1.80. The number of fused-ring (bicyclic) bond motifs is 1. The highest BCUT2D eigenvalue weighted by atomic mass is 19.3. The van der Waals surface area contributed by atoms with Gasteiger partial charge in [0, 0.05) is 24.4 Å². The van der Waals surface area contributed by atoms with E-state index < -0.39 is 12.0 Å². The summed E-state index contributed by atoms with van der Waals surface area (Å²) in [6, 6.07) is 9.45. The van der Waals surface area contributed by atoms with E-state index in [1.807, 2.05) is 30.3 Å². The van der Waals surface area contributed by atoms with E-state index in [9.17, 15) is 13.9 Å². The molecular weight excluding hydrogens is 260 g/mol. The standard InChI is InChI=1S/C16H17F2NO/c17-16(18)7-5-12(6-8-16)15(20)13-4-3-11-2-1-9-19-14(11)10-13/h1-4,9-10,12,15,20H,5-8H2. The molecular formula is C16H17F2NO. The number of hydrogen-bond acceptors (Lipinski definition) is 2. The summed E-state index contributed by atoms with van der Waals surface area (Å²) in [4.78, 5) is 4.26. The lowest BCUT2D eigenvalue weighted by molar-refractivity contribution is -0.0627. The highest BCUT2D eigenvalue weighted by Crippen LogP contribution is 2.41. The van der Waals surface area contributed by atoms with Gasteiger partial charge in [-0.05, 0) is 36.5 Å². The molecule has 1 saturated carbocycles. The highest BCUT2D eigenvalue weighted by molar-refractivity contribution is 5.78. The number of aliphatic hydroxyl groups is 1. The maximum Gasteiger partial charge on any atom is 0.248 e. The molecule has 1 fully saturated rings. The lowest BCUT2D eigenvalue weighted by atomic mass is 9.81. The van der Waals surface area contributed by atoms with E-state index in [2.05, 4.69) is 4.98 Å². The first-order chi connectivity index (χ1) is 9.55. The molecule has 0 aliphatic heterocycles. The third kappa shape index (κ3) is 2.66. The third-order valence-electron chi connectivity index (χ3n) is 4.18. The average Bonchev–Trinajstić information content (AvgIpc) is 2.46. The molecule has 0 amide bonds. The molecule has 1 aromatic heterocycles. The second kappa shape index (κ2) is 5.09. The topological polar surface area (TPSA) is 33.1 Å². The summed E-state index contributed by atoms with van der Waals surface area (Å²) < 4.78 is 26.3. The van der Waals surface area contributed by atoms with E-state index in [0.717, 1.165) is 16.5 Å². The Morgan fingerprint density at radius 2 is 1.95 bits per heavy atom. The molecule has 2 nitrogen and oxygen atoms in total. The van der Waals surface area contributed by atoms with Crippen molar-refractivity contribution in [3.05, 3.63) is 42.1 Å². The number of alkyl halides is 2. The van der Waals surface area contributed by atoms with E-state index in [1.54, 1.807) is 6.20 Å². The minimum absolute atomic E-state index is 0.0872. The lowest BCUT2D eigenvalue weighted by Crippen LogP contribution is -2.27. The molecule has 1 aliphatic carbocycles. The van der Waals surface area contributed by atoms with E-state index in [1.165, 1.54) is 0 Å². The van der Waals surface area contributed by atoms with Crippen LogP contribution in [0, 0.1) is 5.92 Å². The Hall–Kier alpha value is -1.55. The molecule has 1 aromatic carbocycles. The Morgan fingerprint density at radius 1 is 1.20 bits per heavy atom. The maximum absolute atomic E-state index is 13.2. The largest absolute Gasteiger partial charge is 0.388 e. The lowest BCUT2D eigenvalue weighted by Gasteiger charge is -2.31. The number of aromatic nitrogens is 1. The van der Waals surface area contributed by atoms with E-state index in [0.29, 0.717) is 12.8 Å². The molecule has 3 rings (SSSR count). The number of aliphatic hydroxyl groups excluding tert-OH is 1. The second-order valence-electron chi connectivity index (χ2n) is 5.59. The van der Waals surface area contributed by atoms with Crippen LogP contribution in [0.15, 0.2) is 36.5 Å². The summed E-state index contributed by atoms with van der Waals surface area (Å²) in [5, 5.41) is 11.4. The van der Waals surface area contributed by atoms with Gasteiger partial charge in [0.25, 0.3) is 0 Å². The van der Waals surface area contributed by atoms with Crippen molar-refractivity contribution in [1.29, 1.82) is 0 Å². The van der Waals surface area contributed by atoms with Crippen molar-refractivity contribution in [3.63, 3.8) is 0 Å². The van der Waals surface area contributed by atoms with Gasteiger partial charge in [-0.25, -0.2) is 8.78 Å². The van der Waals surface area contributed by atoms with Crippen LogP contribution in [0.4, 0.5) is 8.78 Å². The van der Waals surface area contributed by atoms with Crippen LogP contribution in [0.3, 0.4) is 0 Å². The van der Waals surface area contributed by atoms with Gasteiger partial charge in [-0.15, -0.1) is 0 Å². The quantitative estimate of drug-likeness (QED) is 0.896. The van der Waals surface area contributed by atoms with Gasteiger partial charge in [-0.3, -0.25) is 4.98 Å². The van der Waals surface area contributed by atoms with E-state index >= 15 is 0 Å². The van der Waals surface area contributed by atoms with Crippen molar-refractivity contribution in [2.24, 2.45) is 5.92 Å². The van der Waals surface area contributed by atoms with Crippen LogP contribution in [-0.2, 0) is 0 Å². The van der Waals surface area contributed by atoms with Crippen LogP contribution >= 0.6 is 0 Å². The van der Waals surface area contributed by atoms with Crippen molar-refractivity contribution in [1.82, 2.24) is 4.98 Å². The minimum Gasteiger partial charge on any atom is -0.388 e. The number of nitrogens with zero attached hydrogens (tertiary/aromatic N) is 1.